The standard InChI is InChI=1S/C28H30N4O/c1-2-22-12-14-24(15-13-22)29-27-25-10-6-7-11-26(25)32(28(27)33)21-31-18-16-30(17-19-31)20-23-8-4-3-5-9-23/h3-15H,2,16-21H2,1H3. The molecule has 2 aliphatic rings. The van der Waals surface area contributed by atoms with Gasteiger partial charge in [0.2, 0.25) is 0 Å². The zero-order valence-corrected chi connectivity index (χ0v) is 19.2. The van der Waals surface area contributed by atoms with Crippen LogP contribution < -0.4 is 4.90 Å². The summed E-state index contributed by atoms with van der Waals surface area (Å²) in [6, 6.07) is 26.8. The smallest absolute Gasteiger partial charge is 0.278 e. The van der Waals surface area contributed by atoms with Crippen molar-refractivity contribution in [2.75, 3.05) is 37.7 Å². The fraction of sp³-hybridized carbons (Fsp3) is 0.286. The van der Waals surface area contributed by atoms with E-state index >= 15 is 0 Å². The Morgan fingerprint density at radius 1 is 0.758 bits per heavy atom. The number of carbonyl (C=O) groups is 1. The van der Waals surface area contributed by atoms with Gasteiger partial charge in [0.15, 0.2) is 0 Å². The van der Waals surface area contributed by atoms with E-state index in [1.54, 1.807) is 0 Å². The zero-order valence-electron chi connectivity index (χ0n) is 19.2. The lowest BCUT2D eigenvalue weighted by Gasteiger charge is -2.36. The van der Waals surface area contributed by atoms with Crippen LogP contribution in [0.2, 0.25) is 0 Å². The molecule has 1 saturated heterocycles. The van der Waals surface area contributed by atoms with Crippen molar-refractivity contribution >= 4 is 23.0 Å². The van der Waals surface area contributed by atoms with Gasteiger partial charge in [0.25, 0.3) is 5.91 Å². The van der Waals surface area contributed by atoms with Crippen LogP contribution in [0.25, 0.3) is 0 Å². The lowest BCUT2D eigenvalue weighted by Crippen LogP contribution is -2.50. The van der Waals surface area contributed by atoms with E-state index in [2.05, 4.69) is 59.2 Å². The highest BCUT2D eigenvalue weighted by Crippen LogP contribution is 2.31. The number of nitrogens with zero attached hydrogens (tertiary/aromatic N) is 4. The van der Waals surface area contributed by atoms with Gasteiger partial charge in [-0.3, -0.25) is 19.5 Å². The Labute approximate surface area is 196 Å². The number of aryl methyl sites for hydroxylation is 1. The Morgan fingerprint density at radius 3 is 2.15 bits per heavy atom. The van der Waals surface area contributed by atoms with Gasteiger partial charge < -0.3 is 0 Å². The van der Waals surface area contributed by atoms with Gasteiger partial charge in [-0.2, -0.15) is 0 Å². The predicted molar refractivity (Wildman–Crippen MR) is 134 cm³/mol. The molecule has 5 nitrogen and oxygen atoms in total. The van der Waals surface area contributed by atoms with Crippen molar-refractivity contribution in [1.82, 2.24) is 9.80 Å². The van der Waals surface area contributed by atoms with Crippen LogP contribution >= 0.6 is 0 Å². The van der Waals surface area contributed by atoms with Crippen molar-refractivity contribution in [3.8, 4) is 0 Å². The third-order valence-corrected chi connectivity index (χ3v) is 6.54. The number of amides is 1. The first-order chi connectivity index (χ1) is 16.2. The summed E-state index contributed by atoms with van der Waals surface area (Å²) in [6.07, 6.45) is 0.991. The predicted octanol–water partition coefficient (Wildman–Crippen LogP) is 4.49. The van der Waals surface area contributed by atoms with Gasteiger partial charge in [-0.1, -0.05) is 67.6 Å². The minimum Gasteiger partial charge on any atom is -0.297 e. The van der Waals surface area contributed by atoms with Gasteiger partial charge in [0.1, 0.15) is 5.71 Å². The van der Waals surface area contributed by atoms with E-state index in [0.717, 1.165) is 56.1 Å². The average molecular weight is 439 g/mol. The van der Waals surface area contributed by atoms with E-state index < -0.39 is 0 Å². The van der Waals surface area contributed by atoms with Crippen molar-refractivity contribution in [2.45, 2.75) is 19.9 Å². The third-order valence-electron chi connectivity index (χ3n) is 6.54. The first kappa shape index (κ1) is 21.6. The normalized spacial score (nSPS) is 18.2. The molecule has 0 aliphatic carbocycles. The van der Waals surface area contributed by atoms with Crippen LogP contribution in [0.3, 0.4) is 0 Å². The van der Waals surface area contributed by atoms with Gasteiger partial charge in [-0.25, -0.2) is 4.99 Å². The summed E-state index contributed by atoms with van der Waals surface area (Å²) >= 11 is 0. The fourth-order valence-electron chi connectivity index (χ4n) is 4.58. The number of rotatable bonds is 6. The number of aliphatic imine (C=N–C) groups is 1. The van der Waals surface area contributed by atoms with E-state index in [1.807, 2.05) is 41.3 Å². The van der Waals surface area contributed by atoms with Crippen molar-refractivity contribution in [1.29, 1.82) is 0 Å². The Hall–Kier alpha value is -3.28. The minimum absolute atomic E-state index is 0.0116. The molecule has 0 N–H and O–H groups in total. The molecule has 168 valence electrons. The number of fused-ring (bicyclic) bond motifs is 1. The molecule has 2 aliphatic heterocycles. The summed E-state index contributed by atoms with van der Waals surface area (Å²) in [5, 5.41) is 0. The third kappa shape index (κ3) is 4.75. The molecule has 0 bridgehead atoms. The van der Waals surface area contributed by atoms with Crippen LogP contribution in [-0.4, -0.2) is 54.3 Å². The first-order valence-electron chi connectivity index (χ1n) is 11.8. The maximum atomic E-state index is 13.4. The number of hydrogen-bond donors (Lipinski definition) is 0. The summed E-state index contributed by atoms with van der Waals surface area (Å²) in [5.41, 5.74) is 5.86. The molecule has 0 spiro atoms. The molecule has 5 rings (SSSR count). The highest BCUT2D eigenvalue weighted by molar-refractivity contribution is 6.54. The molecule has 0 radical (unpaired) electrons. The second kappa shape index (κ2) is 9.69. The quantitative estimate of drug-likeness (QED) is 0.569. The van der Waals surface area contributed by atoms with Crippen molar-refractivity contribution in [3.05, 3.63) is 95.6 Å². The van der Waals surface area contributed by atoms with Gasteiger partial charge in [0.05, 0.1) is 18.0 Å². The summed E-state index contributed by atoms with van der Waals surface area (Å²) in [4.78, 5) is 24.9. The number of carbonyl (C=O) groups excluding carboxylic acids is 1. The van der Waals surface area contributed by atoms with Crippen LogP contribution in [0.15, 0.2) is 83.9 Å². The second-order valence-corrected chi connectivity index (χ2v) is 8.75. The molecule has 0 unspecified atom stereocenters. The highest BCUT2D eigenvalue weighted by Gasteiger charge is 2.35. The summed E-state index contributed by atoms with van der Waals surface area (Å²) in [6.45, 7) is 7.62. The van der Waals surface area contributed by atoms with Gasteiger partial charge in [-0.15, -0.1) is 0 Å². The summed E-state index contributed by atoms with van der Waals surface area (Å²) < 4.78 is 0. The largest absolute Gasteiger partial charge is 0.297 e. The van der Waals surface area contributed by atoms with Crippen LogP contribution in [0.1, 0.15) is 23.6 Å². The van der Waals surface area contributed by atoms with Crippen molar-refractivity contribution < 1.29 is 4.79 Å². The number of para-hydroxylation sites is 1. The fourth-order valence-corrected chi connectivity index (χ4v) is 4.58. The number of piperazine rings is 1. The summed E-state index contributed by atoms with van der Waals surface area (Å²) in [7, 11) is 0. The maximum Gasteiger partial charge on any atom is 0.278 e. The van der Waals surface area contributed by atoms with E-state index in [9.17, 15) is 4.79 Å². The Kier molecular flexibility index (Phi) is 6.33. The molecule has 3 aromatic rings. The van der Waals surface area contributed by atoms with E-state index in [-0.39, 0.29) is 5.91 Å². The van der Waals surface area contributed by atoms with Crippen molar-refractivity contribution in [3.63, 3.8) is 0 Å². The molecule has 33 heavy (non-hydrogen) atoms. The lowest BCUT2D eigenvalue weighted by atomic mass is 10.1. The zero-order chi connectivity index (χ0) is 22.6. The molecule has 3 aromatic carbocycles. The molecule has 5 heteroatoms. The van der Waals surface area contributed by atoms with Crippen LogP contribution in [0, 0.1) is 0 Å². The SMILES string of the molecule is CCc1ccc(N=C2C(=O)N(CN3CCN(Cc4ccccc4)CC3)c3ccccc32)cc1. The molecule has 0 atom stereocenters. The van der Waals surface area contributed by atoms with E-state index in [1.165, 1.54) is 11.1 Å². The summed E-state index contributed by atoms with van der Waals surface area (Å²) in [5.74, 6) is -0.0116. The first-order valence-corrected chi connectivity index (χ1v) is 11.8. The van der Waals surface area contributed by atoms with Crippen LogP contribution in [-0.2, 0) is 17.8 Å². The number of anilines is 1. The highest BCUT2D eigenvalue weighted by atomic mass is 16.2. The number of benzene rings is 3. The molecule has 1 fully saturated rings. The minimum atomic E-state index is -0.0116. The molecular formula is C28H30N4O. The topological polar surface area (TPSA) is 39.2 Å². The Morgan fingerprint density at radius 2 is 1.42 bits per heavy atom. The van der Waals surface area contributed by atoms with Gasteiger partial charge in [-0.05, 0) is 35.7 Å². The molecule has 0 saturated carbocycles. The Balaban J connectivity index is 1.28. The monoisotopic (exact) mass is 438 g/mol. The van der Waals surface area contributed by atoms with Crippen molar-refractivity contribution in [2.24, 2.45) is 4.99 Å². The molecular weight excluding hydrogens is 408 g/mol. The average Bonchev–Trinajstić information content (AvgIpc) is 3.12. The van der Waals surface area contributed by atoms with E-state index in [0.29, 0.717) is 12.4 Å². The Bertz CT molecular complexity index is 1130. The van der Waals surface area contributed by atoms with Gasteiger partial charge >= 0.3 is 0 Å². The molecule has 0 aromatic heterocycles. The molecule has 1 amide bonds. The lowest BCUT2D eigenvalue weighted by molar-refractivity contribution is -0.112. The maximum absolute atomic E-state index is 13.4. The van der Waals surface area contributed by atoms with Crippen LogP contribution in [0.5, 0.6) is 0 Å². The van der Waals surface area contributed by atoms with Crippen LogP contribution in [0.4, 0.5) is 11.4 Å². The molecule has 2 heterocycles. The van der Waals surface area contributed by atoms with Gasteiger partial charge in [0, 0.05) is 38.3 Å². The number of hydrogen-bond acceptors (Lipinski definition) is 4. The second-order valence-electron chi connectivity index (χ2n) is 8.75. The van der Waals surface area contributed by atoms with E-state index in [4.69, 9.17) is 4.99 Å².